The molecule has 1 unspecified atom stereocenters. The molecule has 0 aliphatic rings. The van der Waals surface area contributed by atoms with E-state index in [-0.39, 0.29) is 24.2 Å². The molecule has 0 radical (unpaired) electrons. The third kappa shape index (κ3) is 4.04. The van der Waals surface area contributed by atoms with E-state index in [0.717, 1.165) is 11.1 Å². The van der Waals surface area contributed by atoms with Crippen LogP contribution in [0.5, 0.6) is 11.5 Å². The Balaban J connectivity index is 2.15. The topological polar surface area (TPSA) is 38.8 Å². The second-order valence-electron chi connectivity index (χ2n) is 5.59. The van der Waals surface area contributed by atoms with Gasteiger partial charge >= 0.3 is 0 Å². The molecular weight excluding hydrogens is 309 g/mol. The van der Waals surface area contributed by atoms with Gasteiger partial charge in [-0.15, -0.1) is 0 Å². The summed E-state index contributed by atoms with van der Waals surface area (Å²) in [5.74, 6) is 0.972. The van der Waals surface area contributed by atoms with E-state index in [1.165, 1.54) is 12.1 Å². The summed E-state index contributed by atoms with van der Waals surface area (Å²) in [6, 6.07) is 11.4. The fraction of sp³-hybridized carbons (Fsp3) is 0.316. The monoisotopic (exact) mass is 331 g/mol. The Hall–Kier alpha value is -2.56. The minimum atomic E-state index is -0.291. The molecule has 2 rings (SSSR count). The van der Waals surface area contributed by atoms with Crippen molar-refractivity contribution < 1.29 is 18.7 Å². The summed E-state index contributed by atoms with van der Waals surface area (Å²) >= 11 is 0. The molecule has 0 saturated heterocycles. The summed E-state index contributed by atoms with van der Waals surface area (Å²) in [5, 5.41) is 0. The van der Waals surface area contributed by atoms with Gasteiger partial charge in [0.15, 0.2) is 0 Å². The van der Waals surface area contributed by atoms with Gasteiger partial charge < -0.3 is 14.4 Å². The lowest BCUT2D eigenvalue weighted by Gasteiger charge is -2.26. The Morgan fingerprint density at radius 1 is 1.12 bits per heavy atom. The molecule has 0 fully saturated rings. The summed E-state index contributed by atoms with van der Waals surface area (Å²) in [7, 11) is 4.89. The van der Waals surface area contributed by atoms with Gasteiger partial charge in [0, 0.05) is 12.6 Å². The van der Waals surface area contributed by atoms with Crippen LogP contribution in [0.25, 0.3) is 0 Å². The molecule has 0 aliphatic carbocycles. The van der Waals surface area contributed by atoms with E-state index >= 15 is 0 Å². The maximum absolute atomic E-state index is 13.0. The quantitative estimate of drug-likeness (QED) is 0.812. The largest absolute Gasteiger partial charge is 0.497 e. The summed E-state index contributed by atoms with van der Waals surface area (Å²) < 4.78 is 23.6. The van der Waals surface area contributed by atoms with Crippen molar-refractivity contribution in [2.75, 3.05) is 21.3 Å². The van der Waals surface area contributed by atoms with Crippen molar-refractivity contribution in [3.05, 3.63) is 59.4 Å². The number of likely N-dealkylation sites (N-methyl/N-ethyl adjacent to an activating group) is 1. The molecule has 128 valence electrons. The van der Waals surface area contributed by atoms with Crippen molar-refractivity contribution >= 4 is 5.91 Å². The zero-order valence-corrected chi connectivity index (χ0v) is 14.4. The highest BCUT2D eigenvalue weighted by Gasteiger charge is 2.19. The lowest BCUT2D eigenvalue weighted by atomic mass is 10.1. The number of benzene rings is 2. The SMILES string of the molecule is COc1ccc(OC)c(CC(=O)N(C)C(C)c2ccc(F)cc2)c1. The van der Waals surface area contributed by atoms with Gasteiger partial charge in [0.25, 0.3) is 0 Å². The summed E-state index contributed by atoms with van der Waals surface area (Å²) in [5.41, 5.74) is 1.64. The number of nitrogens with zero attached hydrogens (tertiary/aromatic N) is 1. The van der Waals surface area contributed by atoms with E-state index in [9.17, 15) is 9.18 Å². The molecule has 5 heteroatoms. The summed E-state index contributed by atoms with van der Waals surface area (Å²) in [6.45, 7) is 1.91. The highest BCUT2D eigenvalue weighted by atomic mass is 19.1. The van der Waals surface area contributed by atoms with Crippen LogP contribution in [0.2, 0.25) is 0 Å². The second kappa shape index (κ2) is 7.81. The van der Waals surface area contributed by atoms with Crippen LogP contribution in [0.1, 0.15) is 24.1 Å². The molecule has 0 bridgehead atoms. The number of hydrogen-bond donors (Lipinski definition) is 0. The van der Waals surface area contributed by atoms with Gasteiger partial charge in [0.2, 0.25) is 5.91 Å². The molecule has 2 aromatic carbocycles. The van der Waals surface area contributed by atoms with E-state index in [4.69, 9.17) is 9.47 Å². The van der Waals surface area contributed by atoms with Gasteiger partial charge in [-0.2, -0.15) is 0 Å². The van der Waals surface area contributed by atoms with Crippen LogP contribution in [0.15, 0.2) is 42.5 Å². The summed E-state index contributed by atoms with van der Waals surface area (Å²) in [6.07, 6.45) is 0.197. The van der Waals surface area contributed by atoms with Gasteiger partial charge in [0.05, 0.1) is 26.7 Å². The second-order valence-corrected chi connectivity index (χ2v) is 5.59. The van der Waals surface area contributed by atoms with Crippen molar-refractivity contribution in [1.82, 2.24) is 4.90 Å². The zero-order valence-electron chi connectivity index (χ0n) is 14.4. The Morgan fingerprint density at radius 2 is 1.79 bits per heavy atom. The van der Waals surface area contributed by atoms with Crippen molar-refractivity contribution in [3.63, 3.8) is 0 Å². The van der Waals surface area contributed by atoms with Crippen molar-refractivity contribution in [2.24, 2.45) is 0 Å². The molecule has 0 N–H and O–H groups in total. The predicted octanol–water partition coefficient (Wildman–Crippen LogP) is 3.61. The van der Waals surface area contributed by atoms with Crippen molar-refractivity contribution in [3.8, 4) is 11.5 Å². The van der Waals surface area contributed by atoms with Crippen LogP contribution < -0.4 is 9.47 Å². The molecule has 0 saturated carbocycles. The minimum Gasteiger partial charge on any atom is -0.497 e. The maximum atomic E-state index is 13.0. The number of carbonyl (C=O) groups is 1. The molecular formula is C19H22FNO3. The molecule has 1 amide bonds. The number of amides is 1. The van der Waals surface area contributed by atoms with Gasteiger partial charge in [-0.25, -0.2) is 4.39 Å². The smallest absolute Gasteiger partial charge is 0.227 e. The number of rotatable bonds is 6. The number of halogens is 1. The van der Waals surface area contributed by atoms with Crippen LogP contribution >= 0.6 is 0 Å². The molecule has 0 aromatic heterocycles. The first kappa shape index (κ1) is 17.8. The lowest BCUT2D eigenvalue weighted by molar-refractivity contribution is -0.131. The molecule has 4 nitrogen and oxygen atoms in total. The molecule has 1 atom stereocenters. The van der Waals surface area contributed by atoms with E-state index in [1.54, 1.807) is 56.5 Å². The van der Waals surface area contributed by atoms with Gasteiger partial charge in [-0.3, -0.25) is 4.79 Å². The van der Waals surface area contributed by atoms with Crippen LogP contribution in [-0.4, -0.2) is 32.1 Å². The Morgan fingerprint density at radius 3 is 2.38 bits per heavy atom. The van der Waals surface area contributed by atoms with Crippen LogP contribution in [0.3, 0.4) is 0 Å². The summed E-state index contributed by atoms with van der Waals surface area (Å²) in [4.78, 5) is 14.3. The number of methoxy groups -OCH3 is 2. The lowest BCUT2D eigenvalue weighted by Crippen LogP contribution is -2.31. The Kier molecular flexibility index (Phi) is 5.79. The first-order chi connectivity index (χ1) is 11.5. The normalized spacial score (nSPS) is 11.7. The molecule has 0 aliphatic heterocycles. The van der Waals surface area contributed by atoms with E-state index in [1.807, 2.05) is 6.92 Å². The van der Waals surface area contributed by atoms with Crippen LogP contribution in [0.4, 0.5) is 4.39 Å². The zero-order chi connectivity index (χ0) is 17.7. The maximum Gasteiger partial charge on any atom is 0.227 e. The average Bonchev–Trinajstić information content (AvgIpc) is 2.60. The highest BCUT2D eigenvalue weighted by molar-refractivity contribution is 5.80. The van der Waals surface area contributed by atoms with Crippen molar-refractivity contribution in [1.29, 1.82) is 0 Å². The highest BCUT2D eigenvalue weighted by Crippen LogP contribution is 2.26. The van der Waals surface area contributed by atoms with Gasteiger partial charge in [-0.1, -0.05) is 12.1 Å². The predicted molar refractivity (Wildman–Crippen MR) is 90.8 cm³/mol. The standard InChI is InChI=1S/C19H22FNO3/c1-13(14-5-7-16(20)8-6-14)21(2)19(22)12-15-11-17(23-3)9-10-18(15)24-4/h5-11,13H,12H2,1-4H3. The minimum absolute atomic E-state index is 0.0571. The van der Waals surface area contributed by atoms with Crippen molar-refractivity contribution in [2.45, 2.75) is 19.4 Å². The molecule has 24 heavy (non-hydrogen) atoms. The number of carbonyl (C=O) groups excluding carboxylic acids is 1. The Bertz CT molecular complexity index is 700. The molecule has 2 aromatic rings. The first-order valence-corrected chi connectivity index (χ1v) is 7.68. The molecule has 0 heterocycles. The number of ether oxygens (including phenoxy) is 2. The Labute approximate surface area is 141 Å². The van der Waals surface area contributed by atoms with Gasteiger partial charge in [0.1, 0.15) is 17.3 Å². The van der Waals surface area contributed by atoms with Gasteiger partial charge in [-0.05, 0) is 42.8 Å². The fourth-order valence-corrected chi connectivity index (χ4v) is 2.49. The van der Waals surface area contributed by atoms with E-state index in [2.05, 4.69) is 0 Å². The van der Waals surface area contributed by atoms with E-state index in [0.29, 0.717) is 11.5 Å². The van der Waals surface area contributed by atoms with E-state index < -0.39 is 0 Å². The third-order valence-corrected chi connectivity index (χ3v) is 4.16. The first-order valence-electron chi connectivity index (χ1n) is 7.68. The molecule has 0 spiro atoms. The van der Waals surface area contributed by atoms with Crippen LogP contribution in [0, 0.1) is 5.82 Å². The number of hydrogen-bond acceptors (Lipinski definition) is 3. The third-order valence-electron chi connectivity index (χ3n) is 4.16. The average molecular weight is 331 g/mol. The fourth-order valence-electron chi connectivity index (χ4n) is 2.49. The van der Waals surface area contributed by atoms with Crippen LogP contribution in [-0.2, 0) is 11.2 Å².